The molecule has 0 bridgehead atoms. The molecule has 2 aromatic carbocycles. The maximum absolute atomic E-state index is 12.4. The average molecular weight is 412 g/mol. The third-order valence-corrected chi connectivity index (χ3v) is 6.41. The molecule has 1 atom stereocenters. The summed E-state index contributed by atoms with van der Waals surface area (Å²) < 4.78 is 6.45. The second kappa shape index (κ2) is 7.69. The Bertz CT molecular complexity index is 829. The monoisotopic (exact) mass is 411 g/mol. The molecule has 0 aromatic heterocycles. The molecule has 1 aliphatic heterocycles. The summed E-state index contributed by atoms with van der Waals surface area (Å²) in [7, 11) is 4.10. The van der Waals surface area contributed by atoms with Gasteiger partial charge in [-0.05, 0) is 36.8 Å². The van der Waals surface area contributed by atoms with E-state index in [1.165, 1.54) is 0 Å². The van der Waals surface area contributed by atoms with E-state index in [1.54, 1.807) is 30.0 Å². The van der Waals surface area contributed by atoms with Gasteiger partial charge in [0.2, 0.25) is 0 Å². The van der Waals surface area contributed by atoms with Gasteiger partial charge < -0.3 is 4.74 Å². The Morgan fingerprint density at radius 3 is 2.58 bits per heavy atom. The van der Waals surface area contributed by atoms with Crippen molar-refractivity contribution in [3.8, 4) is 11.5 Å². The second-order valence-electron chi connectivity index (χ2n) is 6.59. The highest BCUT2D eigenvalue weighted by Gasteiger charge is 2.43. The number of halogens is 2. The van der Waals surface area contributed by atoms with Gasteiger partial charge in [0, 0.05) is 6.07 Å². The van der Waals surface area contributed by atoms with Gasteiger partial charge in [-0.25, -0.2) is 4.59 Å². The van der Waals surface area contributed by atoms with E-state index in [4.69, 9.17) is 27.9 Å². The second-order valence-corrected chi connectivity index (χ2v) is 8.47. The van der Waals surface area contributed by atoms with Crippen LogP contribution in [0.5, 0.6) is 11.5 Å². The summed E-state index contributed by atoms with van der Waals surface area (Å²) in [6.45, 7) is 2.92. The molecule has 1 heterocycles. The van der Waals surface area contributed by atoms with Crippen molar-refractivity contribution in [2.45, 2.75) is 12.3 Å². The first-order valence-electron chi connectivity index (χ1n) is 8.32. The molecule has 0 radical (unpaired) electrons. The fourth-order valence-corrected chi connectivity index (χ4v) is 4.38. The van der Waals surface area contributed by atoms with Crippen LogP contribution in [0.1, 0.15) is 17.9 Å². The molecule has 2 aromatic rings. The molecular weight excluding hydrogens is 391 g/mol. The van der Waals surface area contributed by atoms with E-state index < -0.39 is 0 Å². The van der Waals surface area contributed by atoms with Gasteiger partial charge in [0.05, 0.1) is 36.4 Å². The summed E-state index contributed by atoms with van der Waals surface area (Å²) in [6.07, 6.45) is 0. The molecule has 1 aliphatic rings. The average Bonchev–Trinajstić information content (AvgIpc) is 3.01. The van der Waals surface area contributed by atoms with E-state index in [0.717, 1.165) is 12.1 Å². The maximum atomic E-state index is 12.4. The van der Waals surface area contributed by atoms with Crippen LogP contribution in [0.25, 0.3) is 0 Å². The molecule has 7 heteroatoms. The van der Waals surface area contributed by atoms with Gasteiger partial charge in [0.25, 0.3) is 5.91 Å². The molecule has 0 N–H and O–H groups in total. The number of benzene rings is 2. The number of thioether (sulfide) groups is 1. The lowest BCUT2D eigenvalue weighted by Crippen LogP contribution is -2.55. The van der Waals surface area contributed by atoms with Gasteiger partial charge in [0.1, 0.15) is 11.5 Å². The third-order valence-electron chi connectivity index (χ3n) is 4.47. The molecule has 3 rings (SSSR count). The number of rotatable bonds is 5. The van der Waals surface area contributed by atoms with Gasteiger partial charge in [-0.1, -0.05) is 35.3 Å². The number of ether oxygens (including phenoxy) is 1. The van der Waals surface area contributed by atoms with Crippen molar-refractivity contribution in [1.29, 1.82) is 0 Å². The van der Waals surface area contributed by atoms with Crippen LogP contribution >= 0.6 is 35.0 Å². The summed E-state index contributed by atoms with van der Waals surface area (Å²) in [5.74, 6) is 1.96. The van der Waals surface area contributed by atoms with Crippen molar-refractivity contribution in [3.63, 3.8) is 0 Å². The summed E-state index contributed by atoms with van der Waals surface area (Å²) in [5, 5.41) is 2.84. The molecule has 4 nitrogen and oxygen atoms in total. The number of hydrogen-bond donors (Lipinski definition) is 0. The number of carbonyl (C=O) groups excluding carboxylic acids is 1. The van der Waals surface area contributed by atoms with Gasteiger partial charge in [0.15, 0.2) is 5.37 Å². The first-order valence-corrected chi connectivity index (χ1v) is 10.1. The highest BCUT2D eigenvalue weighted by atomic mass is 35.5. The third kappa shape index (κ3) is 3.96. The lowest BCUT2D eigenvalue weighted by Gasteiger charge is -2.39. The van der Waals surface area contributed by atoms with Crippen molar-refractivity contribution in [3.05, 3.63) is 58.1 Å². The highest BCUT2D eigenvalue weighted by Crippen LogP contribution is 2.42. The van der Waals surface area contributed by atoms with Gasteiger partial charge >= 0.3 is 0 Å². The molecule has 1 unspecified atom stereocenters. The maximum Gasteiger partial charge on any atom is 0.279 e. The van der Waals surface area contributed by atoms with E-state index in [9.17, 15) is 4.79 Å². The Kier molecular flexibility index (Phi) is 5.72. The van der Waals surface area contributed by atoms with Crippen LogP contribution < -0.4 is 4.74 Å². The summed E-state index contributed by atoms with van der Waals surface area (Å²) in [4.78, 5) is 12.4. The Labute approximate surface area is 168 Å². The quantitative estimate of drug-likeness (QED) is 0.619. The van der Waals surface area contributed by atoms with E-state index in [2.05, 4.69) is 6.92 Å². The van der Waals surface area contributed by atoms with Gasteiger partial charge in [-0.2, -0.15) is 5.01 Å². The van der Waals surface area contributed by atoms with Crippen molar-refractivity contribution >= 4 is 40.9 Å². The molecule has 1 amide bonds. The molecule has 0 spiro atoms. The van der Waals surface area contributed by atoms with E-state index in [1.807, 2.05) is 43.4 Å². The van der Waals surface area contributed by atoms with Crippen molar-refractivity contribution < 1.29 is 14.1 Å². The molecular formula is C19H21Cl2N2O2S+. The first-order chi connectivity index (χ1) is 12.3. The summed E-state index contributed by atoms with van der Waals surface area (Å²) in [6, 6.07) is 13.0. The van der Waals surface area contributed by atoms with Gasteiger partial charge in [-0.15, -0.1) is 11.8 Å². The van der Waals surface area contributed by atoms with E-state index >= 15 is 0 Å². The molecule has 0 aliphatic carbocycles. The normalized spacial score (nSPS) is 17.7. The van der Waals surface area contributed by atoms with Crippen LogP contribution in [0.4, 0.5) is 0 Å². The molecule has 0 saturated carbocycles. The highest BCUT2D eigenvalue weighted by molar-refractivity contribution is 8.00. The van der Waals surface area contributed by atoms with Crippen molar-refractivity contribution in [1.82, 2.24) is 5.01 Å². The lowest BCUT2D eigenvalue weighted by molar-refractivity contribution is -0.991. The van der Waals surface area contributed by atoms with Crippen molar-refractivity contribution in [2.75, 3.05) is 26.4 Å². The Morgan fingerprint density at radius 2 is 1.88 bits per heavy atom. The Balaban J connectivity index is 1.86. The minimum Gasteiger partial charge on any atom is -0.457 e. The fraction of sp³-hybridized carbons (Fsp3) is 0.316. The minimum atomic E-state index is -0.0326. The molecule has 138 valence electrons. The zero-order valence-corrected chi connectivity index (χ0v) is 17.2. The Morgan fingerprint density at radius 1 is 1.15 bits per heavy atom. The smallest absolute Gasteiger partial charge is 0.279 e. The minimum absolute atomic E-state index is 0.0326. The predicted molar refractivity (Wildman–Crippen MR) is 108 cm³/mol. The lowest BCUT2D eigenvalue weighted by atomic mass is 10.2. The first kappa shape index (κ1) is 19.4. The predicted octanol–water partition coefficient (Wildman–Crippen LogP) is 5.37. The number of carbonyl (C=O) groups is 1. The largest absolute Gasteiger partial charge is 0.457 e. The fourth-order valence-electron chi connectivity index (χ4n) is 2.80. The van der Waals surface area contributed by atoms with Gasteiger partial charge in [-0.3, -0.25) is 4.79 Å². The van der Waals surface area contributed by atoms with E-state index in [-0.39, 0.29) is 11.3 Å². The van der Waals surface area contributed by atoms with Crippen LogP contribution in [0.3, 0.4) is 0 Å². The van der Waals surface area contributed by atoms with E-state index in [0.29, 0.717) is 31.9 Å². The molecule has 1 saturated heterocycles. The molecule has 26 heavy (non-hydrogen) atoms. The number of quaternary nitrogens is 1. The summed E-state index contributed by atoms with van der Waals surface area (Å²) in [5.41, 5.74) is 1.04. The standard InChI is InChI=1S/C19H21Cl2N2O2S/c1-4-23(2,3)22-18(24)12-26-19(22)13-6-5-7-14(10-13)25-15-8-9-16(20)17(21)11-15/h5-11,19H,4,12H2,1-3H3/q+1. The van der Waals surface area contributed by atoms with Crippen LogP contribution in [-0.2, 0) is 4.79 Å². The van der Waals surface area contributed by atoms with Crippen LogP contribution in [-0.4, -0.2) is 41.9 Å². The Hall–Kier alpha value is -1.40. The number of hydrogen-bond acceptors (Lipinski definition) is 3. The summed E-state index contributed by atoms with van der Waals surface area (Å²) >= 11 is 13.6. The van der Waals surface area contributed by atoms with Crippen molar-refractivity contribution in [2.24, 2.45) is 0 Å². The molecule has 1 fully saturated rings. The number of nitrogens with zero attached hydrogens (tertiary/aromatic N) is 2. The number of amides is 1. The van der Waals surface area contributed by atoms with Crippen LogP contribution in [0, 0.1) is 0 Å². The van der Waals surface area contributed by atoms with Crippen LogP contribution in [0.2, 0.25) is 10.0 Å². The zero-order chi connectivity index (χ0) is 18.9. The van der Waals surface area contributed by atoms with Crippen LogP contribution in [0.15, 0.2) is 42.5 Å². The zero-order valence-electron chi connectivity index (χ0n) is 14.9. The SMILES string of the molecule is CC[N+](C)(C)N1C(=O)CSC1c1cccc(Oc2ccc(Cl)c(Cl)c2)c1. The topological polar surface area (TPSA) is 29.5 Å².